The molecule has 1 aromatic carbocycles. The van der Waals surface area contributed by atoms with E-state index in [-0.39, 0.29) is 11.4 Å². The first-order valence-corrected chi connectivity index (χ1v) is 4.81. The lowest BCUT2D eigenvalue weighted by Crippen LogP contribution is -2.45. The van der Waals surface area contributed by atoms with E-state index in [1.54, 1.807) is 12.1 Å². The van der Waals surface area contributed by atoms with Gasteiger partial charge >= 0.3 is 0 Å². The summed E-state index contributed by atoms with van der Waals surface area (Å²) in [5.41, 5.74) is 0.706. The van der Waals surface area contributed by atoms with Crippen LogP contribution in [0.5, 0.6) is 0 Å². The van der Waals surface area contributed by atoms with Crippen molar-refractivity contribution in [1.82, 2.24) is 5.32 Å². The van der Waals surface area contributed by atoms with Crippen molar-refractivity contribution in [2.45, 2.75) is 12.5 Å². The van der Waals surface area contributed by atoms with Gasteiger partial charge in [-0.05, 0) is 24.6 Å². The fourth-order valence-corrected chi connectivity index (χ4v) is 1.71. The van der Waals surface area contributed by atoms with Gasteiger partial charge in [-0.25, -0.2) is 4.39 Å². The van der Waals surface area contributed by atoms with E-state index < -0.39 is 0 Å². The number of hydrogen-bond donors (Lipinski definition) is 1. The first-order valence-electron chi connectivity index (χ1n) is 4.81. The third-order valence-corrected chi connectivity index (χ3v) is 2.62. The third-order valence-electron chi connectivity index (χ3n) is 2.62. The summed E-state index contributed by atoms with van der Waals surface area (Å²) in [7, 11) is 0. The highest BCUT2D eigenvalue weighted by Crippen LogP contribution is 2.26. The predicted molar refractivity (Wildman–Crippen MR) is 52.6 cm³/mol. The van der Waals surface area contributed by atoms with E-state index in [0.717, 1.165) is 18.7 Å². The molecule has 0 bridgehead atoms. The molecular formula is C11H14FNO. The topological polar surface area (TPSA) is 21.3 Å². The van der Waals surface area contributed by atoms with E-state index in [1.165, 1.54) is 12.1 Å². The standard InChI is InChI=1S/C11H14FNO/c1-11(8-13-6-7-14-11)9-2-4-10(12)5-3-9/h2-5,13H,6-8H2,1H3/t11-/m0/s1. The summed E-state index contributed by atoms with van der Waals surface area (Å²) < 4.78 is 18.4. The molecule has 0 amide bonds. The molecule has 3 heteroatoms. The van der Waals surface area contributed by atoms with Gasteiger partial charge in [-0.2, -0.15) is 0 Å². The Labute approximate surface area is 83.1 Å². The number of ether oxygens (including phenoxy) is 1. The normalized spacial score (nSPS) is 27.6. The fraction of sp³-hybridized carbons (Fsp3) is 0.455. The lowest BCUT2D eigenvalue weighted by Gasteiger charge is -2.34. The molecule has 1 aliphatic rings. The van der Waals surface area contributed by atoms with E-state index >= 15 is 0 Å². The number of benzene rings is 1. The first-order chi connectivity index (χ1) is 6.71. The van der Waals surface area contributed by atoms with E-state index in [4.69, 9.17) is 4.74 Å². The van der Waals surface area contributed by atoms with E-state index in [1.807, 2.05) is 6.92 Å². The summed E-state index contributed by atoms with van der Waals surface area (Å²) >= 11 is 0. The molecular weight excluding hydrogens is 181 g/mol. The van der Waals surface area contributed by atoms with Crippen molar-refractivity contribution in [3.63, 3.8) is 0 Å². The lowest BCUT2D eigenvalue weighted by atomic mass is 9.95. The number of rotatable bonds is 1. The van der Waals surface area contributed by atoms with Crippen LogP contribution in [0.3, 0.4) is 0 Å². The van der Waals surface area contributed by atoms with Crippen LogP contribution in [0.15, 0.2) is 24.3 Å². The maximum Gasteiger partial charge on any atom is 0.123 e. The highest BCUT2D eigenvalue weighted by atomic mass is 19.1. The highest BCUT2D eigenvalue weighted by molar-refractivity contribution is 5.23. The van der Waals surface area contributed by atoms with E-state index in [9.17, 15) is 4.39 Å². The SMILES string of the molecule is C[C@@]1(c2ccc(F)cc2)CNCCO1. The molecule has 1 aromatic rings. The van der Waals surface area contributed by atoms with Crippen molar-refractivity contribution in [1.29, 1.82) is 0 Å². The zero-order chi connectivity index (χ0) is 10.0. The molecule has 2 rings (SSSR count). The van der Waals surface area contributed by atoms with Crippen molar-refractivity contribution in [3.8, 4) is 0 Å². The molecule has 1 saturated heterocycles. The Balaban J connectivity index is 2.23. The summed E-state index contributed by atoms with van der Waals surface area (Å²) in [5, 5.41) is 3.27. The summed E-state index contributed by atoms with van der Waals surface area (Å²) in [5.74, 6) is -0.207. The first kappa shape index (κ1) is 9.62. The van der Waals surface area contributed by atoms with Crippen LogP contribution in [0.4, 0.5) is 4.39 Å². The molecule has 1 heterocycles. The monoisotopic (exact) mass is 195 g/mol. The van der Waals surface area contributed by atoms with Crippen LogP contribution >= 0.6 is 0 Å². The second-order valence-corrected chi connectivity index (χ2v) is 3.76. The minimum atomic E-state index is -0.314. The van der Waals surface area contributed by atoms with Crippen LogP contribution in [0.1, 0.15) is 12.5 Å². The van der Waals surface area contributed by atoms with Gasteiger partial charge in [-0.3, -0.25) is 0 Å². The largest absolute Gasteiger partial charge is 0.368 e. The summed E-state index contributed by atoms with van der Waals surface area (Å²) in [6.45, 7) is 4.38. The van der Waals surface area contributed by atoms with Crippen LogP contribution in [-0.4, -0.2) is 19.7 Å². The average Bonchev–Trinajstić information content (AvgIpc) is 2.19. The Morgan fingerprint density at radius 1 is 1.36 bits per heavy atom. The average molecular weight is 195 g/mol. The number of hydrogen-bond acceptors (Lipinski definition) is 2. The molecule has 0 unspecified atom stereocenters. The van der Waals surface area contributed by atoms with Gasteiger partial charge in [0.1, 0.15) is 11.4 Å². The van der Waals surface area contributed by atoms with E-state index in [2.05, 4.69) is 5.32 Å². The molecule has 1 N–H and O–H groups in total. The van der Waals surface area contributed by atoms with Gasteiger partial charge in [0.15, 0.2) is 0 Å². The van der Waals surface area contributed by atoms with Gasteiger partial charge in [0.25, 0.3) is 0 Å². The van der Waals surface area contributed by atoms with Crippen molar-refractivity contribution in [2.24, 2.45) is 0 Å². The summed E-state index contributed by atoms with van der Waals surface area (Å²) in [4.78, 5) is 0. The van der Waals surface area contributed by atoms with Gasteiger partial charge in [0.2, 0.25) is 0 Å². The van der Waals surface area contributed by atoms with Crippen molar-refractivity contribution < 1.29 is 9.13 Å². The number of nitrogens with one attached hydrogen (secondary N) is 1. The number of morpholine rings is 1. The molecule has 0 saturated carbocycles. The van der Waals surface area contributed by atoms with Gasteiger partial charge in [-0.1, -0.05) is 12.1 Å². The molecule has 0 aliphatic carbocycles. The lowest BCUT2D eigenvalue weighted by molar-refractivity contribution is -0.0572. The Morgan fingerprint density at radius 2 is 2.07 bits per heavy atom. The third kappa shape index (κ3) is 1.79. The molecule has 0 radical (unpaired) electrons. The smallest absolute Gasteiger partial charge is 0.123 e. The molecule has 0 aromatic heterocycles. The van der Waals surface area contributed by atoms with Gasteiger partial charge in [0, 0.05) is 13.1 Å². The molecule has 76 valence electrons. The Morgan fingerprint density at radius 3 is 2.64 bits per heavy atom. The maximum absolute atomic E-state index is 12.7. The predicted octanol–water partition coefficient (Wildman–Crippen LogP) is 1.66. The van der Waals surface area contributed by atoms with Crippen LogP contribution in [0.25, 0.3) is 0 Å². The van der Waals surface area contributed by atoms with E-state index in [0.29, 0.717) is 6.61 Å². The zero-order valence-corrected chi connectivity index (χ0v) is 8.22. The number of halogens is 1. The van der Waals surface area contributed by atoms with Gasteiger partial charge in [-0.15, -0.1) is 0 Å². The van der Waals surface area contributed by atoms with Gasteiger partial charge in [0.05, 0.1) is 6.61 Å². The maximum atomic E-state index is 12.7. The zero-order valence-electron chi connectivity index (χ0n) is 8.22. The molecule has 1 fully saturated rings. The van der Waals surface area contributed by atoms with Crippen LogP contribution < -0.4 is 5.32 Å². The molecule has 1 atom stereocenters. The Bertz CT molecular complexity index is 304. The molecule has 2 nitrogen and oxygen atoms in total. The minimum Gasteiger partial charge on any atom is -0.368 e. The summed E-state index contributed by atoms with van der Waals surface area (Å²) in [6, 6.07) is 6.50. The summed E-state index contributed by atoms with van der Waals surface area (Å²) in [6.07, 6.45) is 0. The molecule has 14 heavy (non-hydrogen) atoms. The van der Waals surface area contributed by atoms with Crippen molar-refractivity contribution in [3.05, 3.63) is 35.6 Å². The van der Waals surface area contributed by atoms with Crippen LogP contribution in [0, 0.1) is 5.82 Å². The van der Waals surface area contributed by atoms with Crippen LogP contribution in [-0.2, 0) is 10.3 Å². The minimum absolute atomic E-state index is 0.207. The highest BCUT2D eigenvalue weighted by Gasteiger charge is 2.29. The van der Waals surface area contributed by atoms with Gasteiger partial charge < -0.3 is 10.1 Å². The second kappa shape index (κ2) is 3.67. The fourth-order valence-electron chi connectivity index (χ4n) is 1.71. The quantitative estimate of drug-likeness (QED) is 0.735. The van der Waals surface area contributed by atoms with Crippen molar-refractivity contribution >= 4 is 0 Å². The Kier molecular flexibility index (Phi) is 2.52. The van der Waals surface area contributed by atoms with Crippen molar-refractivity contribution in [2.75, 3.05) is 19.7 Å². The Hall–Kier alpha value is -0.930. The second-order valence-electron chi connectivity index (χ2n) is 3.76. The molecule has 0 spiro atoms. The van der Waals surface area contributed by atoms with Crippen LogP contribution in [0.2, 0.25) is 0 Å². The molecule has 1 aliphatic heterocycles.